The smallest absolute Gasteiger partial charge is 0.306 e. The number of aromatic nitrogens is 1. The van der Waals surface area contributed by atoms with Gasteiger partial charge in [-0.1, -0.05) is 18.2 Å². The van der Waals surface area contributed by atoms with Gasteiger partial charge in [0.25, 0.3) is 5.56 Å². The minimum Gasteiger partial charge on any atom is -0.481 e. The number of carbonyl (C=O) groups is 2. The number of morpholine rings is 1. The van der Waals surface area contributed by atoms with E-state index in [-0.39, 0.29) is 30.9 Å². The Kier molecular flexibility index (Phi) is 4.61. The fourth-order valence-corrected chi connectivity index (χ4v) is 2.86. The van der Waals surface area contributed by atoms with E-state index < -0.39 is 12.1 Å². The number of carboxylic acid groups (broad SMARTS) is 1. The minimum absolute atomic E-state index is 0.0139. The summed E-state index contributed by atoms with van der Waals surface area (Å²) in [4.78, 5) is 39.7. The second kappa shape index (κ2) is 6.84. The molecule has 126 valence electrons. The van der Waals surface area contributed by atoms with Crippen LogP contribution in [0.15, 0.2) is 35.1 Å². The van der Waals surface area contributed by atoms with Gasteiger partial charge in [0.15, 0.2) is 0 Å². The molecule has 0 radical (unpaired) electrons. The number of hydrogen-bond donors (Lipinski definition) is 2. The predicted molar refractivity (Wildman–Crippen MR) is 86.8 cm³/mol. The zero-order valence-electron chi connectivity index (χ0n) is 13.0. The quantitative estimate of drug-likeness (QED) is 0.863. The van der Waals surface area contributed by atoms with E-state index in [1.54, 1.807) is 17.0 Å². The Morgan fingerprint density at radius 3 is 2.92 bits per heavy atom. The van der Waals surface area contributed by atoms with Crippen LogP contribution in [0.2, 0.25) is 0 Å². The van der Waals surface area contributed by atoms with E-state index in [4.69, 9.17) is 9.84 Å². The number of nitrogens with one attached hydrogen (secondary N) is 1. The molecule has 2 aromatic rings. The number of benzene rings is 1. The predicted octanol–water partition coefficient (Wildman–Crippen LogP) is 0.773. The van der Waals surface area contributed by atoms with E-state index >= 15 is 0 Å². The lowest BCUT2D eigenvalue weighted by Crippen LogP contribution is -2.47. The molecule has 1 aromatic carbocycles. The van der Waals surface area contributed by atoms with Gasteiger partial charge in [0.05, 0.1) is 25.6 Å². The topological polar surface area (TPSA) is 99.7 Å². The fourth-order valence-electron chi connectivity index (χ4n) is 2.86. The highest BCUT2D eigenvalue weighted by atomic mass is 16.5. The van der Waals surface area contributed by atoms with Crippen LogP contribution in [-0.4, -0.2) is 52.7 Å². The molecule has 2 heterocycles. The summed E-state index contributed by atoms with van der Waals surface area (Å²) < 4.78 is 5.36. The Bertz CT molecular complexity index is 829. The Labute approximate surface area is 137 Å². The Balaban J connectivity index is 1.73. The van der Waals surface area contributed by atoms with E-state index in [9.17, 15) is 14.4 Å². The summed E-state index contributed by atoms with van der Waals surface area (Å²) in [5.74, 6) is -1.16. The van der Waals surface area contributed by atoms with Crippen molar-refractivity contribution in [1.29, 1.82) is 0 Å². The van der Waals surface area contributed by atoms with E-state index in [2.05, 4.69) is 4.98 Å². The van der Waals surface area contributed by atoms with Crippen LogP contribution in [0.5, 0.6) is 0 Å². The second-order valence-electron chi connectivity index (χ2n) is 5.82. The van der Waals surface area contributed by atoms with Gasteiger partial charge >= 0.3 is 5.97 Å². The molecule has 24 heavy (non-hydrogen) atoms. The monoisotopic (exact) mass is 330 g/mol. The number of rotatable bonds is 4. The first kappa shape index (κ1) is 16.2. The van der Waals surface area contributed by atoms with Gasteiger partial charge in [-0.15, -0.1) is 0 Å². The van der Waals surface area contributed by atoms with Crippen LogP contribution in [0.3, 0.4) is 0 Å². The molecule has 1 aliphatic heterocycles. The van der Waals surface area contributed by atoms with Crippen molar-refractivity contribution in [3.8, 4) is 0 Å². The first-order valence-electron chi connectivity index (χ1n) is 7.75. The van der Waals surface area contributed by atoms with Crippen molar-refractivity contribution in [2.24, 2.45) is 0 Å². The standard InChI is InChI=1S/C17H18N2O5/c20-15(19-5-6-24-13(10-19)9-16(21)22)8-12-7-11-3-1-2-4-14(11)18-17(12)23/h1-4,7,13H,5-6,8-10H2,(H,18,23)(H,21,22)/t13-/m0/s1. The molecule has 1 saturated heterocycles. The number of carboxylic acids is 1. The Hall–Kier alpha value is -2.67. The average Bonchev–Trinajstić information content (AvgIpc) is 2.55. The third-order valence-electron chi connectivity index (χ3n) is 4.07. The van der Waals surface area contributed by atoms with E-state index in [1.165, 1.54) is 0 Å². The Morgan fingerprint density at radius 2 is 2.12 bits per heavy atom. The van der Waals surface area contributed by atoms with Gasteiger partial charge in [-0.25, -0.2) is 0 Å². The van der Waals surface area contributed by atoms with Gasteiger partial charge in [0.2, 0.25) is 5.91 Å². The zero-order chi connectivity index (χ0) is 17.1. The number of aromatic amines is 1. The van der Waals surface area contributed by atoms with Crippen molar-refractivity contribution in [2.45, 2.75) is 18.9 Å². The van der Waals surface area contributed by atoms with Crippen LogP contribution >= 0.6 is 0 Å². The summed E-state index contributed by atoms with van der Waals surface area (Å²) in [5, 5.41) is 9.70. The number of nitrogens with zero attached hydrogens (tertiary/aromatic N) is 1. The van der Waals surface area contributed by atoms with Gasteiger partial charge < -0.3 is 19.7 Å². The number of hydrogen-bond acceptors (Lipinski definition) is 4. The average molecular weight is 330 g/mol. The molecule has 0 unspecified atom stereocenters. The number of carbonyl (C=O) groups excluding carboxylic acids is 1. The van der Waals surface area contributed by atoms with Gasteiger partial charge in [0.1, 0.15) is 0 Å². The molecule has 1 amide bonds. The third-order valence-corrected chi connectivity index (χ3v) is 4.07. The molecule has 0 aliphatic carbocycles. The van der Waals surface area contributed by atoms with Crippen LogP contribution in [0.25, 0.3) is 10.9 Å². The molecule has 2 N–H and O–H groups in total. The largest absolute Gasteiger partial charge is 0.481 e. The SMILES string of the molecule is O=C(O)C[C@H]1CN(C(=O)Cc2cc3ccccc3[nH]c2=O)CCO1. The highest BCUT2D eigenvalue weighted by Crippen LogP contribution is 2.13. The van der Waals surface area contributed by atoms with E-state index in [0.29, 0.717) is 18.7 Å². The second-order valence-corrected chi connectivity index (χ2v) is 5.82. The third kappa shape index (κ3) is 3.62. The molecule has 7 nitrogen and oxygen atoms in total. The van der Waals surface area contributed by atoms with Crippen molar-refractivity contribution in [3.63, 3.8) is 0 Å². The number of H-pyrrole nitrogens is 1. The van der Waals surface area contributed by atoms with Gasteiger partial charge in [-0.3, -0.25) is 14.4 Å². The minimum atomic E-state index is -0.958. The summed E-state index contributed by atoms with van der Waals surface area (Å²) in [6.45, 7) is 0.939. The maximum absolute atomic E-state index is 12.5. The molecule has 0 saturated carbocycles. The van der Waals surface area contributed by atoms with Gasteiger partial charge in [-0.2, -0.15) is 0 Å². The normalized spacial score (nSPS) is 17.8. The van der Waals surface area contributed by atoms with E-state index in [0.717, 1.165) is 10.9 Å². The van der Waals surface area contributed by atoms with Crippen molar-refractivity contribution in [2.75, 3.05) is 19.7 Å². The molecular formula is C17H18N2O5. The summed E-state index contributed by atoms with van der Waals surface area (Å²) in [6, 6.07) is 9.10. The summed E-state index contributed by atoms with van der Waals surface area (Å²) in [5.41, 5.74) is 0.851. The van der Waals surface area contributed by atoms with Crippen molar-refractivity contribution in [1.82, 2.24) is 9.88 Å². The first-order valence-corrected chi connectivity index (χ1v) is 7.75. The summed E-state index contributed by atoms with van der Waals surface area (Å²) in [6.07, 6.45) is -0.657. The molecule has 1 aliphatic rings. The molecule has 1 fully saturated rings. The number of ether oxygens (including phenoxy) is 1. The molecule has 1 aromatic heterocycles. The van der Waals surface area contributed by atoms with Crippen LogP contribution in [-0.2, 0) is 20.7 Å². The van der Waals surface area contributed by atoms with Crippen LogP contribution in [0.1, 0.15) is 12.0 Å². The molecule has 0 bridgehead atoms. The van der Waals surface area contributed by atoms with Crippen LogP contribution in [0, 0.1) is 0 Å². The highest BCUT2D eigenvalue weighted by molar-refractivity contribution is 5.82. The highest BCUT2D eigenvalue weighted by Gasteiger charge is 2.26. The molecule has 0 spiro atoms. The maximum atomic E-state index is 12.5. The number of aliphatic carboxylic acids is 1. The van der Waals surface area contributed by atoms with Crippen molar-refractivity contribution < 1.29 is 19.4 Å². The molecule has 1 atom stereocenters. The number of pyridine rings is 1. The summed E-state index contributed by atoms with van der Waals surface area (Å²) in [7, 11) is 0. The fraction of sp³-hybridized carbons (Fsp3) is 0.353. The Morgan fingerprint density at radius 1 is 1.33 bits per heavy atom. The van der Waals surface area contributed by atoms with Crippen LogP contribution < -0.4 is 5.56 Å². The zero-order valence-corrected chi connectivity index (χ0v) is 13.0. The lowest BCUT2D eigenvalue weighted by molar-refractivity contribution is -0.147. The lowest BCUT2D eigenvalue weighted by Gasteiger charge is -2.32. The maximum Gasteiger partial charge on any atom is 0.306 e. The number of fused-ring (bicyclic) bond motifs is 1. The van der Waals surface area contributed by atoms with Gasteiger partial charge in [0, 0.05) is 24.2 Å². The molecule has 3 rings (SSSR count). The van der Waals surface area contributed by atoms with Crippen molar-refractivity contribution in [3.05, 3.63) is 46.2 Å². The van der Waals surface area contributed by atoms with Crippen LogP contribution in [0.4, 0.5) is 0 Å². The van der Waals surface area contributed by atoms with Gasteiger partial charge in [-0.05, 0) is 17.5 Å². The van der Waals surface area contributed by atoms with E-state index in [1.807, 2.05) is 18.2 Å². The van der Waals surface area contributed by atoms with Crippen molar-refractivity contribution >= 4 is 22.8 Å². The number of para-hydroxylation sites is 1. The summed E-state index contributed by atoms with van der Waals surface area (Å²) >= 11 is 0. The molecule has 7 heteroatoms. The first-order chi connectivity index (χ1) is 11.5. The number of amides is 1. The lowest BCUT2D eigenvalue weighted by atomic mass is 10.1. The molecular weight excluding hydrogens is 312 g/mol.